The van der Waals surface area contributed by atoms with Gasteiger partial charge < -0.3 is 9.30 Å². The average molecular weight is 713 g/mol. The van der Waals surface area contributed by atoms with E-state index in [0.29, 0.717) is 0 Å². The normalized spacial score (nSPS) is 11.6. The topological polar surface area (TPSA) is 7.65 Å². The maximum Gasteiger partial charge on any atom is 0.0620 e. The van der Waals surface area contributed by atoms with Crippen molar-refractivity contribution in [1.29, 1.82) is 0 Å². The highest BCUT2D eigenvalue weighted by molar-refractivity contribution is 6.24. The lowest BCUT2D eigenvalue weighted by atomic mass is 9.98. The first-order valence-corrected chi connectivity index (χ1v) is 19.3. The van der Waals surface area contributed by atoms with E-state index < -0.39 is 0 Å². The Hall–Kier alpha value is -7.42. The van der Waals surface area contributed by atoms with Gasteiger partial charge in [-0.1, -0.05) is 158 Å². The van der Waals surface area contributed by atoms with Crippen LogP contribution >= 0.6 is 0 Å². The van der Waals surface area contributed by atoms with Crippen LogP contribution in [0.25, 0.3) is 82.6 Å². The van der Waals surface area contributed by atoms with E-state index in [4.69, 9.17) is 0 Å². The van der Waals surface area contributed by atoms with E-state index in [2.05, 4.69) is 228 Å². The number of anilines is 3. The van der Waals surface area contributed by atoms with Crippen molar-refractivity contribution in [2.75, 3.05) is 4.90 Å². The molecular weight excluding hydrogens is 677 g/mol. The van der Waals surface area contributed by atoms with Gasteiger partial charge in [-0.25, -0.2) is 0 Å². The Labute approximate surface area is 326 Å². The van der Waals surface area contributed by atoms with Crippen LogP contribution in [-0.2, 0) is 0 Å². The summed E-state index contributed by atoms with van der Waals surface area (Å²) in [7, 11) is 0. The lowest BCUT2D eigenvalue weighted by molar-refractivity contribution is 1.28. The van der Waals surface area contributed by atoms with Gasteiger partial charge in [0, 0.05) is 38.6 Å². The number of nitrogens with zero attached hydrogens (tertiary/aromatic N) is 2. The third-order valence-electron chi connectivity index (χ3n) is 11.3. The van der Waals surface area contributed by atoms with E-state index in [-0.39, 0.29) is 0 Å². The smallest absolute Gasteiger partial charge is 0.0620 e. The molecule has 0 aliphatic rings. The van der Waals surface area contributed by atoms with Crippen LogP contribution in [0.3, 0.4) is 0 Å². The molecule has 56 heavy (non-hydrogen) atoms. The molecule has 0 spiro atoms. The predicted octanol–water partition coefficient (Wildman–Crippen LogP) is 15.0. The largest absolute Gasteiger partial charge is 0.311 e. The molecule has 9 aromatic carbocycles. The number of aromatic nitrogens is 1. The zero-order valence-corrected chi connectivity index (χ0v) is 30.7. The van der Waals surface area contributed by atoms with Crippen LogP contribution in [0, 0.1) is 0 Å². The highest BCUT2D eigenvalue weighted by atomic mass is 15.1. The van der Waals surface area contributed by atoms with Gasteiger partial charge in [-0.05, 0) is 105 Å². The second kappa shape index (κ2) is 13.2. The van der Waals surface area contributed by atoms with E-state index in [1.54, 1.807) is 0 Å². The summed E-state index contributed by atoms with van der Waals surface area (Å²) in [4.78, 5) is 2.35. The first-order chi connectivity index (χ1) is 27.8. The molecule has 0 saturated carbocycles. The van der Waals surface area contributed by atoms with Gasteiger partial charge in [0.2, 0.25) is 0 Å². The fourth-order valence-electron chi connectivity index (χ4n) is 8.59. The highest BCUT2D eigenvalue weighted by Gasteiger charge is 2.19. The first kappa shape index (κ1) is 32.0. The fraction of sp³-hybridized carbons (Fsp3) is 0. The van der Waals surface area contributed by atoms with Crippen LogP contribution in [0.2, 0.25) is 0 Å². The molecule has 0 radical (unpaired) electrons. The number of hydrogen-bond acceptors (Lipinski definition) is 1. The molecule has 2 heterocycles. The molecular formula is C54H36N2. The van der Waals surface area contributed by atoms with Gasteiger partial charge in [0.25, 0.3) is 0 Å². The number of benzene rings is 9. The number of hydrogen-bond donors (Lipinski definition) is 0. The van der Waals surface area contributed by atoms with Crippen molar-refractivity contribution in [3.05, 3.63) is 218 Å². The molecule has 11 rings (SSSR count). The molecule has 262 valence electrons. The quantitative estimate of drug-likeness (QED) is 0.160. The van der Waals surface area contributed by atoms with Crippen molar-refractivity contribution in [3.63, 3.8) is 0 Å². The van der Waals surface area contributed by atoms with Crippen molar-refractivity contribution in [2.45, 2.75) is 0 Å². The molecule has 0 amide bonds. The SMILES string of the molecule is c1ccc(-c2ccc(-c3ccc(N(c4ccc(-c5ccccc5)cc4)c4ccc(-c5cc6c7ccccc7n7c8ccccc8c(c5)c67)cc4)cc3)cc2)cc1. The summed E-state index contributed by atoms with van der Waals surface area (Å²) in [5.74, 6) is 0. The summed E-state index contributed by atoms with van der Waals surface area (Å²) in [6.45, 7) is 0. The van der Waals surface area contributed by atoms with Crippen molar-refractivity contribution in [3.8, 4) is 44.5 Å². The number of para-hydroxylation sites is 2. The molecule has 0 unspecified atom stereocenters. The average Bonchev–Trinajstić information content (AvgIpc) is 3.80. The molecule has 2 nitrogen and oxygen atoms in total. The molecule has 0 fully saturated rings. The van der Waals surface area contributed by atoms with E-state index >= 15 is 0 Å². The second-order valence-corrected chi connectivity index (χ2v) is 14.6. The monoisotopic (exact) mass is 712 g/mol. The van der Waals surface area contributed by atoms with Crippen LogP contribution in [0.1, 0.15) is 0 Å². The van der Waals surface area contributed by atoms with E-state index in [9.17, 15) is 0 Å². The Kier molecular flexibility index (Phi) is 7.53. The third-order valence-corrected chi connectivity index (χ3v) is 11.3. The van der Waals surface area contributed by atoms with Crippen LogP contribution < -0.4 is 4.90 Å². The summed E-state index contributed by atoms with van der Waals surface area (Å²) in [5.41, 5.74) is 16.8. The van der Waals surface area contributed by atoms with Gasteiger partial charge in [0.1, 0.15) is 0 Å². The van der Waals surface area contributed by atoms with E-state index in [0.717, 1.165) is 17.1 Å². The fourth-order valence-corrected chi connectivity index (χ4v) is 8.59. The third kappa shape index (κ3) is 5.34. The van der Waals surface area contributed by atoms with Crippen LogP contribution in [0.5, 0.6) is 0 Å². The molecule has 0 atom stereocenters. The summed E-state index contributed by atoms with van der Waals surface area (Å²) in [6, 6.07) is 79.2. The van der Waals surface area contributed by atoms with Crippen molar-refractivity contribution >= 4 is 55.2 Å². The molecule has 0 bridgehead atoms. The Morgan fingerprint density at radius 1 is 0.250 bits per heavy atom. The molecule has 0 aliphatic heterocycles. The molecule has 2 aromatic heterocycles. The van der Waals surface area contributed by atoms with Crippen LogP contribution in [-0.4, -0.2) is 4.40 Å². The molecule has 2 heteroatoms. The number of rotatable bonds is 7. The lowest BCUT2D eigenvalue weighted by Gasteiger charge is -2.26. The second-order valence-electron chi connectivity index (χ2n) is 14.6. The minimum Gasteiger partial charge on any atom is -0.311 e. The standard InChI is InChI=1S/C54H36N2/c1-3-11-37(12-4-1)39-19-21-40(22-20-39)42-25-31-46(32-26-42)55(45-29-23-41(24-30-45)38-13-5-2-6-14-38)47-33-27-43(28-34-47)44-35-50-48-15-7-9-17-52(48)56-53-18-10-8-16-49(53)51(36-44)54(50)56/h1-36H. The van der Waals surface area contributed by atoms with Gasteiger partial charge in [0.05, 0.1) is 16.6 Å². The summed E-state index contributed by atoms with van der Waals surface area (Å²) in [5, 5.41) is 5.17. The van der Waals surface area contributed by atoms with E-state index in [1.165, 1.54) is 82.6 Å². The Morgan fingerprint density at radius 2 is 0.554 bits per heavy atom. The molecule has 0 N–H and O–H groups in total. The minimum absolute atomic E-state index is 1.11. The van der Waals surface area contributed by atoms with Crippen LogP contribution in [0.15, 0.2) is 218 Å². The maximum absolute atomic E-state index is 2.44. The summed E-state index contributed by atoms with van der Waals surface area (Å²) >= 11 is 0. The molecule has 11 aromatic rings. The van der Waals surface area contributed by atoms with E-state index in [1.807, 2.05) is 0 Å². The zero-order valence-electron chi connectivity index (χ0n) is 30.7. The Balaban J connectivity index is 0.982. The van der Waals surface area contributed by atoms with Gasteiger partial charge in [-0.15, -0.1) is 0 Å². The van der Waals surface area contributed by atoms with Crippen molar-refractivity contribution < 1.29 is 0 Å². The highest BCUT2D eigenvalue weighted by Crippen LogP contribution is 2.43. The maximum atomic E-state index is 2.44. The summed E-state index contributed by atoms with van der Waals surface area (Å²) in [6.07, 6.45) is 0. The predicted molar refractivity (Wildman–Crippen MR) is 238 cm³/mol. The lowest BCUT2D eigenvalue weighted by Crippen LogP contribution is -2.09. The molecule has 0 aliphatic carbocycles. The van der Waals surface area contributed by atoms with Crippen molar-refractivity contribution in [1.82, 2.24) is 4.40 Å². The van der Waals surface area contributed by atoms with Gasteiger partial charge in [0.15, 0.2) is 0 Å². The van der Waals surface area contributed by atoms with Gasteiger partial charge >= 0.3 is 0 Å². The minimum atomic E-state index is 1.11. The Bertz CT molecular complexity index is 3040. The first-order valence-electron chi connectivity index (χ1n) is 19.3. The van der Waals surface area contributed by atoms with Gasteiger partial charge in [-0.2, -0.15) is 0 Å². The Morgan fingerprint density at radius 3 is 0.946 bits per heavy atom. The molecule has 0 saturated heterocycles. The number of fused-ring (bicyclic) bond motifs is 6. The zero-order chi connectivity index (χ0) is 37.0. The van der Waals surface area contributed by atoms with Crippen molar-refractivity contribution in [2.24, 2.45) is 0 Å². The summed E-state index contributed by atoms with van der Waals surface area (Å²) < 4.78 is 2.44. The van der Waals surface area contributed by atoms with Crippen LogP contribution in [0.4, 0.5) is 17.1 Å². The van der Waals surface area contributed by atoms with Gasteiger partial charge in [-0.3, -0.25) is 0 Å².